The molecule has 0 bridgehead atoms. The number of benzene rings is 1. The zero-order valence-electron chi connectivity index (χ0n) is 21.6. The van der Waals surface area contributed by atoms with Crippen molar-refractivity contribution in [3.05, 3.63) is 53.9 Å². The van der Waals surface area contributed by atoms with E-state index in [-0.39, 0.29) is 5.91 Å². The Morgan fingerprint density at radius 2 is 1.53 bits per heavy atom. The van der Waals surface area contributed by atoms with Crippen molar-refractivity contribution in [2.75, 3.05) is 13.7 Å². The molecule has 5 heteroatoms. The highest BCUT2D eigenvalue weighted by atomic mass is 16.5. The quantitative estimate of drug-likeness (QED) is 0.199. The first-order chi connectivity index (χ1) is 16.6. The summed E-state index contributed by atoms with van der Waals surface area (Å²) in [5.41, 5.74) is 1.61. The summed E-state index contributed by atoms with van der Waals surface area (Å²) in [4.78, 5) is 12.6. The van der Waals surface area contributed by atoms with E-state index < -0.39 is 0 Å². The number of aromatic nitrogens is 1. The molecule has 1 aromatic carbocycles. The third kappa shape index (κ3) is 11.0. The van der Waals surface area contributed by atoms with E-state index in [0.29, 0.717) is 30.2 Å². The Balaban J connectivity index is 1.61. The van der Waals surface area contributed by atoms with Gasteiger partial charge >= 0.3 is 0 Å². The number of amides is 1. The molecule has 1 amide bonds. The van der Waals surface area contributed by atoms with Crippen molar-refractivity contribution in [2.24, 2.45) is 7.05 Å². The zero-order chi connectivity index (χ0) is 24.4. The van der Waals surface area contributed by atoms with Crippen LogP contribution in [0.25, 0.3) is 0 Å². The van der Waals surface area contributed by atoms with Gasteiger partial charge in [-0.15, -0.1) is 0 Å². The number of hydrogen-bond donors (Lipinski definition) is 1. The molecule has 0 saturated carbocycles. The van der Waals surface area contributed by atoms with Crippen molar-refractivity contribution in [3.63, 3.8) is 0 Å². The first kappa shape index (κ1) is 27.7. The van der Waals surface area contributed by atoms with E-state index >= 15 is 0 Å². The van der Waals surface area contributed by atoms with Gasteiger partial charge in [0.25, 0.3) is 5.91 Å². The fourth-order valence-corrected chi connectivity index (χ4v) is 4.09. The van der Waals surface area contributed by atoms with Gasteiger partial charge in [0.2, 0.25) is 0 Å². The van der Waals surface area contributed by atoms with Crippen LogP contribution in [0.5, 0.6) is 11.5 Å². The molecule has 0 atom stereocenters. The molecule has 0 saturated heterocycles. The van der Waals surface area contributed by atoms with Crippen LogP contribution in [-0.2, 0) is 13.6 Å². The lowest BCUT2D eigenvalue weighted by molar-refractivity contribution is -0.671. The lowest BCUT2D eigenvalue weighted by Gasteiger charge is -2.12. The van der Waals surface area contributed by atoms with E-state index in [1.54, 1.807) is 19.2 Å². The van der Waals surface area contributed by atoms with Crippen LogP contribution in [0.4, 0.5) is 0 Å². The van der Waals surface area contributed by atoms with Gasteiger partial charge in [-0.3, -0.25) is 4.79 Å². The highest BCUT2D eigenvalue weighted by Gasteiger charge is 2.12. The van der Waals surface area contributed by atoms with Crippen LogP contribution in [0.1, 0.15) is 99.9 Å². The molecule has 5 nitrogen and oxygen atoms in total. The van der Waals surface area contributed by atoms with Crippen molar-refractivity contribution >= 4 is 5.91 Å². The predicted molar refractivity (Wildman–Crippen MR) is 138 cm³/mol. The highest BCUT2D eigenvalue weighted by Crippen LogP contribution is 2.28. The molecule has 0 unspecified atom stereocenters. The monoisotopic (exact) mass is 469 g/mol. The normalized spacial score (nSPS) is 10.8. The van der Waals surface area contributed by atoms with Crippen molar-refractivity contribution in [3.8, 4) is 11.5 Å². The summed E-state index contributed by atoms with van der Waals surface area (Å²) in [6.07, 6.45) is 19.9. The Bertz CT molecular complexity index is 838. The molecular formula is C29H45N2O3+. The third-order valence-electron chi connectivity index (χ3n) is 6.14. The lowest BCUT2D eigenvalue weighted by atomic mass is 10.1. The maximum absolute atomic E-state index is 12.6. The number of rotatable bonds is 18. The van der Waals surface area contributed by atoms with Gasteiger partial charge in [0.05, 0.1) is 13.7 Å². The van der Waals surface area contributed by atoms with Gasteiger partial charge in [-0.25, -0.2) is 4.57 Å². The van der Waals surface area contributed by atoms with Gasteiger partial charge in [-0.05, 0) is 30.7 Å². The van der Waals surface area contributed by atoms with Gasteiger partial charge in [0.15, 0.2) is 23.9 Å². The second-order valence-electron chi connectivity index (χ2n) is 9.16. The molecule has 1 heterocycles. The first-order valence-electron chi connectivity index (χ1n) is 13.2. The second-order valence-corrected chi connectivity index (χ2v) is 9.16. The topological polar surface area (TPSA) is 51.4 Å². The third-order valence-corrected chi connectivity index (χ3v) is 6.14. The van der Waals surface area contributed by atoms with Crippen LogP contribution in [-0.4, -0.2) is 19.6 Å². The Kier molecular flexibility index (Phi) is 13.8. The maximum Gasteiger partial charge on any atom is 0.251 e. The number of methoxy groups -OCH3 is 1. The van der Waals surface area contributed by atoms with Crippen LogP contribution in [0.3, 0.4) is 0 Å². The largest absolute Gasteiger partial charge is 0.493 e. The number of unbranched alkanes of at least 4 members (excludes halogenated alkanes) is 11. The molecule has 1 aromatic heterocycles. The Labute approximate surface area is 206 Å². The average molecular weight is 470 g/mol. The van der Waals surface area contributed by atoms with Crippen molar-refractivity contribution in [2.45, 2.75) is 90.5 Å². The minimum atomic E-state index is -0.127. The van der Waals surface area contributed by atoms with E-state index in [1.165, 1.54) is 70.6 Å². The number of aryl methyl sites for hydroxylation is 1. The maximum atomic E-state index is 12.6. The molecule has 0 spiro atoms. The predicted octanol–water partition coefficient (Wildman–Crippen LogP) is 6.53. The van der Waals surface area contributed by atoms with Gasteiger partial charge < -0.3 is 14.8 Å². The minimum absolute atomic E-state index is 0.127. The summed E-state index contributed by atoms with van der Waals surface area (Å²) in [6, 6.07) is 9.33. The minimum Gasteiger partial charge on any atom is -0.493 e. The number of nitrogens with one attached hydrogen (secondary N) is 1. The van der Waals surface area contributed by atoms with Crippen LogP contribution >= 0.6 is 0 Å². The summed E-state index contributed by atoms with van der Waals surface area (Å²) in [5, 5.41) is 2.96. The fraction of sp³-hybridized carbons (Fsp3) is 0.586. The number of carbonyl (C=O) groups is 1. The molecule has 0 fully saturated rings. The van der Waals surface area contributed by atoms with Gasteiger partial charge in [0, 0.05) is 23.7 Å². The van der Waals surface area contributed by atoms with Crippen molar-refractivity contribution < 1.29 is 18.8 Å². The molecule has 188 valence electrons. The molecule has 0 aliphatic rings. The number of ether oxygens (including phenoxy) is 2. The average Bonchev–Trinajstić information content (AvgIpc) is 2.85. The number of hydrogen-bond acceptors (Lipinski definition) is 3. The zero-order valence-corrected chi connectivity index (χ0v) is 21.6. The summed E-state index contributed by atoms with van der Waals surface area (Å²) in [7, 11) is 3.57. The molecule has 2 rings (SSSR count). The Morgan fingerprint density at radius 1 is 0.882 bits per heavy atom. The standard InChI is InChI=1S/C29H44N2O3/c1-4-5-6-7-8-9-10-11-12-13-14-15-21-34-27-19-18-26(22-28(27)33-3)29(32)30-23-25-17-16-20-31(2)24-25/h16-20,22,24H,4-15,21,23H2,1-3H3/p+1. The number of pyridine rings is 1. The molecular weight excluding hydrogens is 424 g/mol. The van der Waals surface area contributed by atoms with Crippen LogP contribution in [0.2, 0.25) is 0 Å². The SMILES string of the molecule is CCCCCCCCCCCCCCOc1ccc(C(=O)NCc2ccc[n+](C)c2)cc1OC. The highest BCUT2D eigenvalue weighted by molar-refractivity contribution is 5.94. The first-order valence-corrected chi connectivity index (χ1v) is 13.2. The summed E-state index contributed by atoms with van der Waals surface area (Å²) < 4.78 is 13.4. The molecule has 0 aliphatic carbocycles. The smallest absolute Gasteiger partial charge is 0.251 e. The molecule has 0 aliphatic heterocycles. The van der Waals surface area contributed by atoms with E-state index in [0.717, 1.165) is 12.0 Å². The number of carbonyl (C=O) groups excluding carboxylic acids is 1. The summed E-state index contributed by atoms with van der Waals surface area (Å²) in [6.45, 7) is 3.42. The van der Waals surface area contributed by atoms with E-state index in [2.05, 4.69) is 12.2 Å². The molecule has 0 radical (unpaired) electrons. The Hall–Kier alpha value is -2.56. The fourth-order valence-electron chi connectivity index (χ4n) is 4.09. The van der Waals surface area contributed by atoms with Crippen LogP contribution in [0, 0.1) is 0 Å². The van der Waals surface area contributed by atoms with Gasteiger partial charge in [0.1, 0.15) is 7.05 Å². The lowest BCUT2D eigenvalue weighted by Crippen LogP contribution is -2.29. The molecule has 34 heavy (non-hydrogen) atoms. The van der Waals surface area contributed by atoms with Gasteiger partial charge in [-0.1, -0.05) is 77.6 Å². The van der Waals surface area contributed by atoms with E-state index in [1.807, 2.05) is 42.2 Å². The second kappa shape index (κ2) is 17.0. The summed E-state index contributed by atoms with van der Waals surface area (Å²) >= 11 is 0. The van der Waals surface area contributed by atoms with Crippen molar-refractivity contribution in [1.82, 2.24) is 5.32 Å². The Morgan fingerprint density at radius 3 is 2.15 bits per heavy atom. The van der Waals surface area contributed by atoms with E-state index in [4.69, 9.17) is 9.47 Å². The van der Waals surface area contributed by atoms with Crippen molar-refractivity contribution in [1.29, 1.82) is 0 Å². The summed E-state index contributed by atoms with van der Waals surface area (Å²) in [5.74, 6) is 1.16. The number of nitrogens with zero attached hydrogens (tertiary/aromatic N) is 1. The van der Waals surface area contributed by atoms with Crippen LogP contribution < -0.4 is 19.4 Å². The van der Waals surface area contributed by atoms with E-state index in [9.17, 15) is 4.79 Å². The van der Waals surface area contributed by atoms with Crippen LogP contribution in [0.15, 0.2) is 42.7 Å². The molecule has 2 aromatic rings. The molecule has 1 N–H and O–H groups in total. The van der Waals surface area contributed by atoms with Gasteiger partial charge in [-0.2, -0.15) is 0 Å².